The number of nitrogens with zero attached hydrogens (tertiary/aromatic N) is 1. The van der Waals surface area contributed by atoms with Crippen LogP contribution >= 0.6 is 46.1 Å². The Morgan fingerprint density at radius 3 is 2.20 bits per heavy atom. The zero-order valence-corrected chi connectivity index (χ0v) is 20.4. The molecule has 0 unspecified atom stereocenters. The number of aryl methyl sites for hydroxylation is 2. The first-order valence-electron chi connectivity index (χ1n) is 8.77. The van der Waals surface area contributed by atoms with Gasteiger partial charge in [-0.3, -0.25) is 4.79 Å². The number of anilines is 1. The Balaban J connectivity index is 0.000000311. The number of halogens is 3. The third-order valence-electron chi connectivity index (χ3n) is 4.07. The highest BCUT2D eigenvalue weighted by molar-refractivity contribution is 7.10. The van der Waals surface area contributed by atoms with Crippen LogP contribution in [0.1, 0.15) is 27.7 Å². The number of aromatic carboxylic acids is 1. The van der Waals surface area contributed by atoms with Gasteiger partial charge in [0.15, 0.2) is 5.75 Å². The summed E-state index contributed by atoms with van der Waals surface area (Å²) in [5.41, 5.74) is 1.97. The molecule has 10 heteroatoms. The minimum absolute atomic E-state index is 0.0111. The van der Waals surface area contributed by atoms with E-state index in [1.807, 2.05) is 20.8 Å². The van der Waals surface area contributed by atoms with Crippen molar-refractivity contribution in [2.24, 2.45) is 0 Å². The lowest BCUT2D eigenvalue weighted by atomic mass is 10.2. The van der Waals surface area contributed by atoms with E-state index in [4.69, 9.17) is 49.4 Å². The summed E-state index contributed by atoms with van der Waals surface area (Å²) in [5.74, 6) is -1.17. The zero-order valence-electron chi connectivity index (χ0n) is 17.3. The van der Waals surface area contributed by atoms with Crippen LogP contribution in [-0.4, -0.2) is 49.7 Å². The van der Waals surface area contributed by atoms with Gasteiger partial charge in [-0.1, -0.05) is 23.2 Å². The van der Waals surface area contributed by atoms with Gasteiger partial charge in [0.2, 0.25) is 5.91 Å². The lowest BCUT2D eigenvalue weighted by Gasteiger charge is -2.29. The molecule has 1 aromatic carbocycles. The lowest BCUT2D eigenvalue weighted by molar-refractivity contribution is -0.116. The third-order valence-corrected chi connectivity index (χ3v) is 5.93. The Hall–Kier alpha value is -1.51. The Morgan fingerprint density at radius 1 is 1.20 bits per heavy atom. The predicted octanol–water partition coefficient (Wildman–Crippen LogP) is 5.67. The average Bonchev–Trinajstić information content (AvgIpc) is 3.02. The quantitative estimate of drug-likeness (QED) is 0.500. The Kier molecular flexibility index (Phi) is 10.9. The van der Waals surface area contributed by atoms with E-state index in [0.29, 0.717) is 6.61 Å². The first-order chi connectivity index (χ1) is 14.1. The highest BCUT2D eigenvalue weighted by atomic mass is 35.5. The summed E-state index contributed by atoms with van der Waals surface area (Å²) in [6, 6.07) is 2.88. The van der Waals surface area contributed by atoms with E-state index in [-0.39, 0.29) is 39.2 Å². The van der Waals surface area contributed by atoms with Gasteiger partial charge in [-0.25, -0.2) is 4.79 Å². The second-order valence-corrected chi connectivity index (χ2v) is 8.43. The van der Waals surface area contributed by atoms with Gasteiger partial charge >= 0.3 is 5.97 Å². The number of rotatable bonds is 7. The van der Waals surface area contributed by atoms with Crippen molar-refractivity contribution >= 4 is 63.7 Å². The second kappa shape index (κ2) is 12.4. The molecule has 1 aromatic heterocycles. The average molecular weight is 497 g/mol. The van der Waals surface area contributed by atoms with Crippen molar-refractivity contribution in [1.29, 1.82) is 0 Å². The molecule has 30 heavy (non-hydrogen) atoms. The van der Waals surface area contributed by atoms with Crippen LogP contribution in [0.4, 0.5) is 5.69 Å². The summed E-state index contributed by atoms with van der Waals surface area (Å²) < 4.78 is 9.94. The van der Waals surface area contributed by atoms with Crippen molar-refractivity contribution in [2.75, 3.05) is 31.6 Å². The third kappa shape index (κ3) is 6.49. The summed E-state index contributed by atoms with van der Waals surface area (Å²) in [7, 11) is 2.97. The number of carboxylic acids is 1. The number of hydrogen-bond acceptors (Lipinski definition) is 5. The molecule has 0 fully saturated rings. The van der Waals surface area contributed by atoms with Gasteiger partial charge in [-0.2, -0.15) is 0 Å². The normalized spacial score (nSPS) is 11.3. The predicted molar refractivity (Wildman–Crippen MR) is 123 cm³/mol. The number of ether oxygens (including phenoxy) is 2. The minimum atomic E-state index is -1.16. The van der Waals surface area contributed by atoms with E-state index in [9.17, 15) is 9.59 Å². The van der Waals surface area contributed by atoms with Gasteiger partial charge in [0, 0.05) is 12.0 Å². The molecule has 0 aliphatic carbocycles. The molecule has 0 saturated carbocycles. The first-order valence-corrected chi connectivity index (χ1v) is 10.9. The van der Waals surface area contributed by atoms with E-state index >= 15 is 0 Å². The fourth-order valence-electron chi connectivity index (χ4n) is 2.83. The summed E-state index contributed by atoms with van der Waals surface area (Å²) in [6.45, 7) is 6.48. The summed E-state index contributed by atoms with van der Waals surface area (Å²) in [4.78, 5) is 25.6. The van der Waals surface area contributed by atoms with Crippen LogP contribution in [0.25, 0.3) is 0 Å². The Bertz CT molecular complexity index is 868. The molecule has 1 heterocycles. The number of benzene rings is 1. The van der Waals surface area contributed by atoms with Crippen LogP contribution < -0.4 is 9.64 Å². The van der Waals surface area contributed by atoms with Crippen molar-refractivity contribution in [3.8, 4) is 5.75 Å². The molecule has 2 rings (SSSR count). The first kappa shape index (κ1) is 26.5. The molecule has 6 nitrogen and oxygen atoms in total. The van der Waals surface area contributed by atoms with Crippen molar-refractivity contribution in [1.82, 2.24) is 0 Å². The molecule has 0 radical (unpaired) electrons. The number of amides is 1. The van der Waals surface area contributed by atoms with Gasteiger partial charge in [0.25, 0.3) is 0 Å². The van der Waals surface area contributed by atoms with Gasteiger partial charge in [0.1, 0.15) is 11.4 Å². The molecule has 1 amide bonds. The maximum atomic E-state index is 12.0. The fraction of sp³-hybridized carbons (Fsp3) is 0.400. The minimum Gasteiger partial charge on any atom is -0.494 e. The van der Waals surface area contributed by atoms with Crippen LogP contribution in [0.3, 0.4) is 0 Å². The van der Waals surface area contributed by atoms with Crippen molar-refractivity contribution in [3.05, 3.63) is 43.6 Å². The topological polar surface area (TPSA) is 76.1 Å². The summed E-state index contributed by atoms with van der Waals surface area (Å²) in [5, 5.41) is 11.2. The van der Waals surface area contributed by atoms with Crippen molar-refractivity contribution in [2.45, 2.75) is 26.8 Å². The van der Waals surface area contributed by atoms with E-state index in [2.05, 4.69) is 5.38 Å². The molecular formula is C20H24Cl3NO5S. The van der Waals surface area contributed by atoms with Crippen LogP contribution in [0, 0.1) is 13.8 Å². The molecule has 0 spiro atoms. The lowest BCUT2D eigenvalue weighted by Crippen LogP contribution is -2.42. The standard InChI is InChI=1S/C12H18ClNO2S.C8H6Cl2O3/c1-8-7-17-10(3)12(8)14(11(15)5-13)9(2)6-16-4;1-13-7-5(10)3-2-4(9)6(7)8(11)12/h7,9H,5-6H2,1-4H3;2-3H,1H3,(H,11,12)/t9-;/m0./s1. The van der Waals surface area contributed by atoms with E-state index < -0.39 is 5.97 Å². The molecule has 1 atom stereocenters. The molecule has 0 saturated heterocycles. The van der Waals surface area contributed by atoms with Crippen LogP contribution in [-0.2, 0) is 9.53 Å². The van der Waals surface area contributed by atoms with Gasteiger partial charge in [-0.05, 0) is 43.8 Å². The number of carbonyl (C=O) groups excluding carboxylic acids is 1. The maximum absolute atomic E-state index is 12.0. The van der Waals surface area contributed by atoms with E-state index in [1.165, 1.54) is 19.2 Å². The highest BCUT2D eigenvalue weighted by Crippen LogP contribution is 2.34. The van der Waals surface area contributed by atoms with Crippen molar-refractivity contribution in [3.63, 3.8) is 0 Å². The molecule has 166 valence electrons. The second-order valence-electron chi connectivity index (χ2n) is 6.27. The van der Waals surface area contributed by atoms with Crippen LogP contribution in [0.5, 0.6) is 5.75 Å². The van der Waals surface area contributed by atoms with E-state index in [1.54, 1.807) is 23.3 Å². The van der Waals surface area contributed by atoms with Crippen LogP contribution in [0.15, 0.2) is 17.5 Å². The molecule has 1 N–H and O–H groups in total. The largest absolute Gasteiger partial charge is 0.494 e. The van der Waals surface area contributed by atoms with Gasteiger partial charge < -0.3 is 19.5 Å². The fourth-order valence-corrected chi connectivity index (χ4v) is 4.26. The molecule has 0 aliphatic heterocycles. The number of alkyl halides is 1. The molecular weight excluding hydrogens is 473 g/mol. The number of carboxylic acid groups (broad SMARTS) is 1. The smallest absolute Gasteiger partial charge is 0.341 e. The number of thiophene rings is 1. The highest BCUT2D eigenvalue weighted by Gasteiger charge is 2.25. The maximum Gasteiger partial charge on any atom is 0.341 e. The summed E-state index contributed by atoms with van der Waals surface area (Å²) >= 11 is 18.7. The monoisotopic (exact) mass is 495 g/mol. The van der Waals surface area contributed by atoms with Crippen LogP contribution in [0.2, 0.25) is 10.0 Å². The zero-order chi connectivity index (χ0) is 23.0. The number of hydrogen-bond donors (Lipinski definition) is 1. The summed E-state index contributed by atoms with van der Waals surface area (Å²) in [6.07, 6.45) is 0. The van der Waals surface area contributed by atoms with Crippen molar-refractivity contribution < 1.29 is 24.2 Å². The number of carbonyl (C=O) groups is 2. The molecule has 0 bridgehead atoms. The molecule has 0 aliphatic rings. The van der Waals surface area contributed by atoms with E-state index in [0.717, 1.165) is 16.1 Å². The van der Waals surface area contributed by atoms with Gasteiger partial charge in [-0.15, -0.1) is 22.9 Å². The number of methoxy groups -OCH3 is 2. The Labute approximate surface area is 195 Å². The molecule has 2 aromatic rings. The SMILES string of the molecule is COC[C@H](C)N(C(=O)CCl)c1c(C)csc1C.COc1c(Cl)ccc(Cl)c1C(=O)O. The van der Waals surface area contributed by atoms with Gasteiger partial charge in [0.05, 0.1) is 35.5 Å². The Morgan fingerprint density at radius 2 is 1.80 bits per heavy atom.